The summed E-state index contributed by atoms with van der Waals surface area (Å²) in [5, 5.41) is 9.86. The molecular formula is C22H24N4O3. The molecule has 2 N–H and O–H groups in total. The lowest BCUT2D eigenvalue weighted by atomic mass is 10.0. The van der Waals surface area contributed by atoms with E-state index in [0.29, 0.717) is 18.0 Å². The number of benzene rings is 2. The van der Waals surface area contributed by atoms with Gasteiger partial charge in [0.15, 0.2) is 5.82 Å². The summed E-state index contributed by atoms with van der Waals surface area (Å²) in [6.07, 6.45) is 0.335. The molecule has 0 aliphatic heterocycles. The van der Waals surface area contributed by atoms with Crippen molar-refractivity contribution >= 4 is 23.3 Å². The minimum absolute atomic E-state index is 0.0372. The van der Waals surface area contributed by atoms with Gasteiger partial charge in [-0.1, -0.05) is 47.6 Å². The number of aromatic nitrogens is 1. The number of aryl methyl sites for hydroxylation is 1. The predicted molar refractivity (Wildman–Crippen MR) is 112 cm³/mol. The molecule has 1 heterocycles. The second-order valence-corrected chi connectivity index (χ2v) is 6.96. The zero-order valence-electron chi connectivity index (χ0n) is 16.7. The van der Waals surface area contributed by atoms with E-state index in [1.165, 1.54) is 0 Å². The number of rotatable bonds is 7. The Morgan fingerprint density at radius 3 is 2.34 bits per heavy atom. The summed E-state index contributed by atoms with van der Waals surface area (Å²) in [5.74, 6) is 0.770. The first-order chi connectivity index (χ1) is 13.9. The highest BCUT2D eigenvalue weighted by atomic mass is 16.5. The van der Waals surface area contributed by atoms with E-state index in [0.717, 1.165) is 16.8 Å². The van der Waals surface area contributed by atoms with Crippen LogP contribution >= 0.6 is 0 Å². The van der Waals surface area contributed by atoms with Gasteiger partial charge >= 0.3 is 0 Å². The van der Waals surface area contributed by atoms with Gasteiger partial charge in [0, 0.05) is 25.8 Å². The van der Waals surface area contributed by atoms with E-state index in [4.69, 9.17) is 4.52 Å². The van der Waals surface area contributed by atoms with Crippen molar-refractivity contribution in [2.45, 2.75) is 19.4 Å². The number of hydrogen-bond acceptors (Lipinski definition) is 5. The fraction of sp³-hybridized carbons (Fsp3) is 0.227. The molecule has 0 radical (unpaired) electrons. The molecule has 7 heteroatoms. The SMILES string of the molecule is Cc1cc(NC(=O)C(Nc2ccc(CC(=O)N(C)C)cc2)c2ccccc2)no1. The number of nitrogens with one attached hydrogen (secondary N) is 2. The molecule has 0 fully saturated rings. The van der Waals surface area contributed by atoms with Crippen LogP contribution in [0.5, 0.6) is 0 Å². The minimum Gasteiger partial charge on any atom is -0.370 e. The summed E-state index contributed by atoms with van der Waals surface area (Å²) in [4.78, 5) is 26.3. The van der Waals surface area contributed by atoms with Crippen LogP contribution in [0.1, 0.15) is 22.9 Å². The number of likely N-dealkylation sites (N-methyl/N-ethyl adjacent to an activating group) is 1. The second kappa shape index (κ2) is 9.05. The molecule has 0 bridgehead atoms. The lowest BCUT2D eigenvalue weighted by molar-refractivity contribution is -0.128. The summed E-state index contributed by atoms with van der Waals surface area (Å²) in [5.41, 5.74) is 2.50. The van der Waals surface area contributed by atoms with E-state index < -0.39 is 6.04 Å². The van der Waals surface area contributed by atoms with E-state index in [9.17, 15) is 9.59 Å². The Kier molecular flexibility index (Phi) is 6.29. The van der Waals surface area contributed by atoms with E-state index in [-0.39, 0.29) is 11.8 Å². The second-order valence-electron chi connectivity index (χ2n) is 6.96. The van der Waals surface area contributed by atoms with Crippen molar-refractivity contribution in [1.29, 1.82) is 0 Å². The third-order valence-electron chi connectivity index (χ3n) is 4.39. The topological polar surface area (TPSA) is 87.5 Å². The van der Waals surface area contributed by atoms with Gasteiger partial charge in [0.1, 0.15) is 11.8 Å². The highest BCUT2D eigenvalue weighted by Crippen LogP contribution is 2.22. The van der Waals surface area contributed by atoms with Crippen LogP contribution in [0.15, 0.2) is 65.2 Å². The predicted octanol–water partition coefficient (Wildman–Crippen LogP) is 3.41. The average Bonchev–Trinajstić information content (AvgIpc) is 3.12. The zero-order valence-corrected chi connectivity index (χ0v) is 16.7. The highest BCUT2D eigenvalue weighted by Gasteiger charge is 2.21. The van der Waals surface area contributed by atoms with Crippen LogP contribution in [0.4, 0.5) is 11.5 Å². The molecule has 3 aromatic rings. The van der Waals surface area contributed by atoms with E-state index in [1.807, 2.05) is 54.6 Å². The van der Waals surface area contributed by atoms with Crippen LogP contribution in [0.2, 0.25) is 0 Å². The van der Waals surface area contributed by atoms with E-state index >= 15 is 0 Å². The Morgan fingerprint density at radius 1 is 1.07 bits per heavy atom. The Bertz CT molecular complexity index is 965. The molecule has 0 aliphatic carbocycles. The fourth-order valence-electron chi connectivity index (χ4n) is 2.79. The van der Waals surface area contributed by atoms with Crippen molar-refractivity contribution < 1.29 is 14.1 Å². The van der Waals surface area contributed by atoms with Crippen molar-refractivity contribution in [1.82, 2.24) is 10.1 Å². The monoisotopic (exact) mass is 392 g/mol. The van der Waals surface area contributed by atoms with Gasteiger partial charge in [-0.2, -0.15) is 0 Å². The Labute approximate surface area is 169 Å². The fourth-order valence-corrected chi connectivity index (χ4v) is 2.79. The maximum atomic E-state index is 12.9. The summed E-state index contributed by atoms with van der Waals surface area (Å²) in [6, 6.07) is 18.0. The number of hydrogen-bond donors (Lipinski definition) is 2. The molecule has 0 aliphatic rings. The van der Waals surface area contributed by atoms with Crippen molar-refractivity contribution in [2.24, 2.45) is 0 Å². The largest absolute Gasteiger partial charge is 0.370 e. The van der Waals surface area contributed by atoms with Gasteiger partial charge < -0.3 is 20.1 Å². The van der Waals surface area contributed by atoms with Crippen LogP contribution in [0, 0.1) is 6.92 Å². The normalized spacial score (nSPS) is 11.6. The quantitative estimate of drug-likeness (QED) is 0.643. The first-order valence-corrected chi connectivity index (χ1v) is 9.27. The van der Waals surface area contributed by atoms with Gasteiger partial charge in [-0.3, -0.25) is 9.59 Å². The maximum Gasteiger partial charge on any atom is 0.252 e. The lowest BCUT2D eigenvalue weighted by Crippen LogP contribution is -2.27. The Balaban J connectivity index is 1.76. The minimum atomic E-state index is -0.623. The molecule has 3 rings (SSSR count). The standard InChI is InChI=1S/C22H24N4O3/c1-15-13-19(25-29-15)24-22(28)21(17-7-5-4-6-8-17)23-18-11-9-16(10-12-18)14-20(27)26(2)3/h4-13,21,23H,14H2,1-3H3,(H,24,25,28). The number of nitrogens with zero attached hydrogens (tertiary/aromatic N) is 2. The van der Waals surface area contributed by atoms with Crippen LogP contribution in [0.3, 0.4) is 0 Å². The van der Waals surface area contributed by atoms with Crippen molar-refractivity contribution in [2.75, 3.05) is 24.7 Å². The molecule has 2 amide bonds. The van der Waals surface area contributed by atoms with Crippen molar-refractivity contribution in [3.05, 3.63) is 77.6 Å². The van der Waals surface area contributed by atoms with Crippen LogP contribution in [-0.2, 0) is 16.0 Å². The van der Waals surface area contributed by atoms with Gasteiger partial charge in [-0.25, -0.2) is 0 Å². The summed E-state index contributed by atoms with van der Waals surface area (Å²) in [7, 11) is 3.47. The van der Waals surface area contributed by atoms with Crippen LogP contribution < -0.4 is 10.6 Å². The third-order valence-corrected chi connectivity index (χ3v) is 4.39. The summed E-state index contributed by atoms with van der Waals surface area (Å²) < 4.78 is 5.01. The van der Waals surface area contributed by atoms with Crippen LogP contribution in [0.25, 0.3) is 0 Å². The third kappa shape index (κ3) is 5.44. The lowest BCUT2D eigenvalue weighted by Gasteiger charge is -2.19. The molecule has 2 aromatic carbocycles. The average molecular weight is 392 g/mol. The van der Waals surface area contributed by atoms with Gasteiger partial charge in [0.25, 0.3) is 5.91 Å². The first-order valence-electron chi connectivity index (χ1n) is 9.27. The van der Waals surface area contributed by atoms with Gasteiger partial charge in [0.05, 0.1) is 6.42 Å². The summed E-state index contributed by atoms with van der Waals surface area (Å²) >= 11 is 0. The molecular weight excluding hydrogens is 368 g/mol. The van der Waals surface area contributed by atoms with Gasteiger partial charge in [-0.15, -0.1) is 0 Å². The number of carbonyl (C=O) groups excluding carboxylic acids is 2. The maximum absolute atomic E-state index is 12.9. The summed E-state index contributed by atoms with van der Waals surface area (Å²) in [6.45, 7) is 1.76. The Morgan fingerprint density at radius 2 is 1.76 bits per heavy atom. The molecule has 1 unspecified atom stereocenters. The van der Waals surface area contributed by atoms with Crippen molar-refractivity contribution in [3.63, 3.8) is 0 Å². The smallest absolute Gasteiger partial charge is 0.252 e. The van der Waals surface area contributed by atoms with Gasteiger partial charge in [0.2, 0.25) is 5.91 Å². The molecule has 0 saturated heterocycles. The van der Waals surface area contributed by atoms with Crippen molar-refractivity contribution in [3.8, 4) is 0 Å². The number of carbonyl (C=O) groups is 2. The first kappa shape index (κ1) is 20.1. The molecule has 150 valence electrons. The van der Waals surface area contributed by atoms with Gasteiger partial charge in [-0.05, 0) is 30.2 Å². The molecule has 7 nitrogen and oxygen atoms in total. The molecule has 0 saturated carbocycles. The molecule has 1 atom stereocenters. The number of anilines is 2. The number of amides is 2. The highest BCUT2D eigenvalue weighted by molar-refractivity contribution is 5.96. The van der Waals surface area contributed by atoms with E-state index in [1.54, 1.807) is 32.0 Å². The Hall–Kier alpha value is -3.61. The molecule has 1 aromatic heterocycles. The van der Waals surface area contributed by atoms with Crippen LogP contribution in [-0.4, -0.2) is 36.0 Å². The molecule has 29 heavy (non-hydrogen) atoms. The zero-order chi connectivity index (χ0) is 20.8. The van der Waals surface area contributed by atoms with E-state index in [2.05, 4.69) is 15.8 Å². The molecule has 0 spiro atoms.